The molecule has 2 atom stereocenters. The summed E-state index contributed by atoms with van der Waals surface area (Å²) < 4.78 is 25.1. The lowest BCUT2D eigenvalue weighted by molar-refractivity contribution is -0.179. The second kappa shape index (κ2) is 4.49. The minimum atomic E-state index is -0.963. The molecule has 3 nitrogen and oxygen atoms in total. The van der Waals surface area contributed by atoms with Crippen LogP contribution >= 0.6 is 0 Å². The van der Waals surface area contributed by atoms with Crippen LogP contribution in [0.3, 0.4) is 0 Å². The lowest BCUT2D eigenvalue weighted by Crippen LogP contribution is -2.30. The minimum absolute atomic E-state index is 0.153. The van der Waals surface area contributed by atoms with Crippen LogP contribution < -0.4 is 5.73 Å². The fourth-order valence-corrected chi connectivity index (χ4v) is 1.97. The molecule has 2 unspecified atom stereocenters. The van der Waals surface area contributed by atoms with Crippen LogP contribution in [0.5, 0.6) is 0 Å². The Morgan fingerprint density at radius 1 is 1.50 bits per heavy atom. The molecule has 1 saturated heterocycles. The van der Waals surface area contributed by atoms with E-state index in [1.54, 1.807) is 18.2 Å². The smallest absolute Gasteiger partial charge is 0.197 e. The Kier molecular flexibility index (Phi) is 3.23. The molecule has 0 radical (unpaired) electrons. The second-order valence-electron chi connectivity index (χ2n) is 3.87. The zero-order chi connectivity index (χ0) is 11.6. The van der Waals surface area contributed by atoms with Gasteiger partial charge in [0, 0.05) is 18.5 Å². The number of hydrogen-bond donors (Lipinski definition) is 1. The van der Waals surface area contributed by atoms with E-state index in [-0.39, 0.29) is 11.9 Å². The van der Waals surface area contributed by atoms with E-state index in [1.165, 1.54) is 6.07 Å². The van der Waals surface area contributed by atoms with Gasteiger partial charge in [-0.2, -0.15) is 0 Å². The number of rotatable bonds is 3. The molecule has 88 valence electrons. The average molecular weight is 225 g/mol. The number of benzene rings is 1. The van der Waals surface area contributed by atoms with E-state index in [0.717, 1.165) is 0 Å². The topological polar surface area (TPSA) is 44.5 Å². The summed E-state index contributed by atoms with van der Waals surface area (Å²) in [7, 11) is 0. The van der Waals surface area contributed by atoms with Crippen molar-refractivity contribution in [2.75, 3.05) is 13.2 Å². The molecular weight excluding hydrogens is 209 g/mol. The van der Waals surface area contributed by atoms with Gasteiger partial charge in [0.05, 0.1) is 12.7 Å². The van der Waals surface area contributed by atoms with Crippen LogP contribution in [0.15, 0.2) is 24.3 Å². The van der Waals surface area contributed by atoms with Gasteiger partial charge < -0.3 is 15.2 Å². The van der Waals surface area contributed by atoms with Crippen LogP contribution in [-0.2, 0) is 15.3 Å². The number of halogens is 1. The summed E-state index contributed by atoms with van der Waals surface area (Å²) in [5.74, 6) is -1.27. The maximum Gasteiger partial charge on any atom is 0.197 e. The highest BCUT2D eigenvalue weighted by Gasteiger charge is 2.42. The van der Waals surface area contributed by atoms with E-state index < -0.39 is 5.79 Å². The van der Waals surface area contributed by atoms with Crippen molar-refractivity contribution in [3.63, 3.8) is 0 Å². The lowest BCUT2D eigenvalue weighted by Gasteiger charge is -2.27. The molecule has 0 aliphatic carbocycles. The van der Waals surface area contributed by atoms with Gasteiger partial charge >= 0.3 is 0 Å². The van der Waals surface area contributed by atoms with Gasteiger partial charge in [-0.25, -0.2) is 4.39 Å². The molecule has 1 heterocycles. The van der Waals surface area contributed by atoms with Crippen molar-refractivity contribution in [2.24, 2.45) is 5.73 Å². The van der Waals surface area contributed by atoms with Crippen LogP contribution in [0.4, 0.5) is 4.39 Å². The molecule has 1 fully saturated rings. The Balaban J connectivity index is 2.33. The third-order valence-corrected chi connectivity index (χ3v) is 2.87. The molecule has 2 N–H and O–H groups in total. The Hall–Kier alpha value is -0.970. The van der Waals surface area contributed by atoms with Gasteiger partial charge in [0.1, 0.15) is 5.82 Å². The number of hydrogen-bond acceptors (Lipinski definition) is 3. The molecule has 2 rings (SSSR count). The molecule has 4 heteroatoms. The van der Waals surface area contributed by atoms with Gasteiger partial charge in [-0.15, -0.1) is 0 Å². The van der Waals surface area contributed by atoms with Crippen molar-refractivity contribution in [3.8, 4) is 0 Å². The zero-order valence-electron chi connectivity index (χ0n) is 9.28. The average Bonchev–Trinajstić information content (AvgIpc) is 2.74. The van der Waals surface area contributed by atoms with Crippen LogP contribution in [0, 0.1) is 5.82 Å². The molecule has 1 aromatic carbocycles. The van der Waals surface area contributed by atoms with Crippen molar-refractivity contribution in [3.05, 3.63) is 35.6 Å². The van der Waals surface area contributed by atoms with Gasteiger partial charge in [-0.05, 0) is 6.07 Å². The first kappa shape index (κ1) is 11.5. The molecule has 1 aliphatic heterocycles. The highest BCUT2D eigenvalue weighted by Crippen LogP contribution is 2.38. The van der Waals surface area contributed by atoms with Gasteiger partial charge in [-0.3, -0.25) is 0 Å². The molecule has 1 aliphatic rings. The molecule has 0 aromatic heterocycles. The summed E-state index contributed by atoms with van der Waals surface area (Å²) in [5.41, 5.74) is 5.98. The van der Waals surface area contributed by atoms with Crippen molar-refractivity contribution in [2.45, 2.75) is 25.2 Å². The SMILES string of the molecule is CCC1(c2ccccc2F)OCC(CN)O1. The van der Waals surface area contributed by atoms with Crippen molar-refractivity contribution >= 4 is 0 Å². The number of ether oxygens (including phenoxy) is 2. The largest absolute Gasteiger partial charge is 0.343 e. The Morgan fingerprint density at radius 2 is 2.25 bits per heavy atom. The second-order valence-corrected chi connectivity index (χ2v) is 3.87. The first-order valence-corrected chi connectivity index (χ1v) is 5.48. The van der Waals surface area contributed by atoms with E-state index in [9.17, 15) is 4.39 Å². The zero-order valence-corrected chi connectivity index (χ0v) is 9.28. The quantitative estimate of drug-likeness (QED) is 0.852. The first-order valence-electron chi connectivity index (χ1n) is 5.48. The first-order chi connectivity index (χ1) is 7.72. The van der Waals surface area contributed by atoms with Crippen LogP contribution in [-0.4, -0.2) is 19.3 Å². The standard InChI is InChI=1S/C12H16FNO2/c1-2-12(15-8-9(7-14)16-12)10-5-3-4-6-11(10)13/h3-6,9H,2,7-8,14H2,1H3. The Labute approximate surface area is 94.3 Å². The van der Waals surface area contributed by atoms with E-state index in [2.05, 4.69) is 0 Å². The van der Waals surface area contributed by atoms with Gasteiger partial charge in [-0.1, -0.05) is 25.1 Å². The summed E-state index contributed by atoms with van der Waals surface area (Å²) in [6, 6.07) is 6.53. The molecule has 0 spiro atoms. The monoisotopic (exact) mass is 225 g/mol. The fraction of sp³-hybridized carbons (Fsp3) is 0.500. The molecule has 1 aromatic rings. The summed E-state index contributed by atoms with van der Waals surface area (Å²) in [6.07, 6.45) is 0.407. The maximum atomic E-state index is 13.7. The number of nitrogens with two attached hydrogens (primary N) is 1. The predicted molar refractivity (Wildman–Crippen MR) is 58.2 cm³/mol. The minimum Gasteiger partial charge on any atom is -0.343 e. The third-order valence-electron chi connectivity index (χ3n) is 2.87. The van der Waals surface area contributed by atoms with E-state index in [0.29, 0.717) is 25.1 Å². The highest BCUT2D eigenvalue weighted by molar-refractivity contribution is 5.23. The molecule has 0 bridgehead atoms. The molecule has 16 heavy (non-hydrogen) atoms. The normalized spacial score (nSPS) is 29.6. The summed E-state index contributed by atoms with van der Waals surface area (Å²) in [5, 5.41) is 0. The Bertz CT molecular complexity index is 372. The van der Waals surface area contributed by atoms with Crippen molar-refractivity contribution in [1.82, 2.24) is 0 Å². The van der Waals surface area contributed by atoms with Crippen LogP contribution in [0.1, 0.15) is 18.9 Å². The third kappa shape index (κ3) is 1.84. The molecular formula is C12H16FNO2. The van der Waals surface area contributed by atoms with E-state index >= 15 is 0 Å². The van der Waals surface area contributed by atoms with Crippen molar-refractivity contribution < 1.29 is 13.9 Å². The van der Waals surface area contributed by atoms with Gasteiger partial charge in [0.25, 0.3) is 0 Å². The summed E-state index contributed by atoms with van der Waals surface area (Å²) in [6.45, 7) is 2.71. The summed E-state index contributed by atoms with van der Waals surface area (Å²) >= 11 is 0. The van der Waals surface area contributed by atoms with Crippen LogP contribution in [0.25, 0.3) is 0 Å². The van der Waals surface area contributed by atoms with E-state index in [4.69, 9.17) is 15.2 Å². The fourth-order valence-electron chi connectivity index (χ4n) is 1.97. The Morgan fingerprint density at radius 3 is 2.81 bits per heavy atom. The maximum absolute atomic E-state index is 13.7. The lowest BCUT2D eigenvalue weighted by atomic mass is 10.0. The van der Waals surface area contributed by atoms with Crippen LogP contribution in [0.2, 0.25) is 0 Å². The van der Waals surface area contributed by atoms with Crippen molar-refractivity contribution in [1.29, 1.82) is 0 Å². The van der Waals surface area contributed by atoms with Gasteiger partial charge in [0.2, 0.25) is 0 Å². The summed E-state index contributed by atoms with van der Waals surface area (Å²) in [4.78, 5) is 0. The van der Waals surface area contributed by atoms with E-state index in [1.807, 2.05) is 6.92 Å². The molecule has 0 saturated carbocycles. The molecule has 0 amide bonds. The predicted octanol–water partition coefficient (Wildman–Crippen LogP) is 1.76. The highest BCUT2D eigenvalue weighted by atomic mass is 19.1. The van der Waals surface area contributed by atoms with Gasteiger partial charge in [0.15, 0.2) is 5.79 Å².